The van der Waals surface area contributed by atoms with Crippen LogP contribution in [0.15, 0.2) is 0 Å². The monoisotopic (exact) mass is 157 g/mol. The van der Waals surface area contributed by atoms with Crippen LogP contribution in [0.4, 0.5) is 0 Å². The summed E-state index contributed by atoms with van der Waals surface area (Å²) in [4.78, 5) is 5.25. The lowest BCUT2D eigenvalue weighted by atomic mass is 10.1. The molecule has 0 N–H and O–H groups in total. The van der Waals surface area contributed by atoms with E-state index in [0.29, 0.717) is 6.04 Å². The first-order chi connectivity index (χ1) is 5.38. The van der Waals surface area contributed by atoms with Gasteiger partial charge < -0.3 is 4.84 Å². The van der Waals surface area contributed by atoms with Crippen molar-refractivity contribution < 1.29 is 4.84 Å². The van der Waals surface area contributed by atoms with Crippen LogP contribution in [0.25, 0.3) is 0 Å². The molecule has 1 saturated heterocycles. The number of hydrogen-bond acceptors (Lipinski definition) is 2. The van der Waals surface area contributed by atoms with Gasteiger partial charge >= 0.3 is 0 Å². The van der Waals surface area contributed by atoms with Gasteiger partial charge in [-0.3, -0.25) is 0 Å². The smallest absolute Gasteiger partial charge is 0.0575 e. The zero-order valence-electron chi connectivity index (χ0n) is 7.68. The molecule has 1 aliphatic rings. The molecule has 0 bridgehead atoms. The topological polar surface area (TPSA) is 12.5 Å². The SMILES string of the molecule is CCCCC1CCCN1OC. The van der Waals surface area contributed by atoms with Crippen LogP contribution < -0.4 is 0 Å². The minimum Gasteiger partial charge on any atom is -0.302 e. The molecular formula is C9H19NO. The molecule has 0 aliphatic carbocycles. The van der Waals surface area contributed by atoms with Gasteiger partial charge in [-0.15, -0.1) is 0 Å². The Bertz CT molecular complexity index is 106. The average molecular weight is 157 g/mol. The van der Waals surface area contributed by atoms with Gasteiger partial charge in [-0.25, -0.2) is 0 Å². The van der Waals surface area contributed by atoms with Crippen LogP contribution in [-0.4, -0.2) is 24.8 Å². The zero-order valence-corrected chi connectivity index (χ0v) is 7.68. The van der Waals surface area contributed by atoms with Crippen molar-refractivity contribution in [2.75, 3.05) is 13.7 Å². The van der Waals surface area contributed by atoms with Crippen molar-refractivity contribution in [3.63, 3.8) is 0 Å². The molecule has 1 rings (SSSR count). The molecule has 11 heavy (non-hydrogen) atoms. The predicted octanol–water partition coefficient (Wildman–Crippen LogP) is 2.20. The van der Waals surface area contributed by atoms with Gasteiger partial charge in [-0.2, -0.15) is 5.06 Å². The fourth-order valence-corrected chi connectivity index (χ4v) is 1.78. The van der Waals surface area contributed by atoms with E-state index in [2.05, 4.69) is 12.0 Å². The third-order valence-electron chi connectivity index (χ3n) is 2.45. The van der Waals surface area contributed by atoms with E-state index in [4.69, 9.17) is 4.84 Å². The number of rotatable bonds is 4. The number of hydroxylamine groups is 2. The number of nitrogens with zero attached hydrogens (tertiary/aromatic N) is 1. The van der Waals surface area contributed by atoms with E-state index in [-0.39, 0.29) is 0 Å². The Morgan fingerprint density at radius 2 is 2.36 bits per heavy atom. The molecule has 0 amide bonds. The average Bonchev–Trinajstić information content (AvgIpc) is 2.47. The van der Waals surface area contributed by atoms with E-state index in [1.54, 1.807) is 7.11 Å². The third kappa shape index (κ3) is 2.46. The Labute approximate surface area is 69.5 Å². The Morgan fingerprint density at radius 1 is 1.55 bits per heavy atom. The lowest BCUT2D eigenvalue weighted by Crippen LogP contribution is -2.27. The molecule has 0 spiro atoms. The Kier molecular flexibility index (Phi) is 3.87. The van der Waals surface area contributed by atoms with Crippen LogP contribution in [0.2, 0.25) is 0 Å². The summed E-state index contributed by atoms with van der Waals surface area (Å²) >= 11 is 0. The van der Waals surface area contributed by atoms with E-state index < -0.39 is 0 Å². The maximum atomic E-state index is 5.25. The van der Waals surface area contributed by atoms with Crippen molar-refractivity contribution in [1.82, 2.24) is 5.06 Å². The molecule has 1 heterocycles. The summed E-state index contributed by atoms with van der Waals surface area (Å²) in [5.74, 6) is 0. The van der Waals surface area contributed by atoms with Gasteiger partial charge in [0.05, 0.1) is 7.11 Å². The number of hydrogen-bond donors (Lipinski definition) is 0. The molecule has 1 atom stereocenters. The van der Waals surface area contributed by atoms with Crippen LogP contribution in [0.5, 0.6) is 0 Å². The summed E-state index contributed by atoms with van der Waals surface area (Å²) in [5, 5.41) is 2.13. The fourth-order valence-electron chi connectivity index (χ4n) is 1.78. The Morgan fingerprint density at radius 3 is 3.00 bits per heavy atom. The standard InChI is InChI=1S/C9H19NO/c1-3-4-6-9-7-5-8-10(9)11-2/h9H,3-8H2,1-2H3. The lowest BCUT2D eigenvalue weighted by molar-refractivity contribution is -0.142. The Balaban J connectivity index is 2.20. The lowest BCUT2D eigenvalue weighted by Gasteiger charge is -2.21. The highest BCUT2D eigenvalue weighted by Crippen LogP contribution is 2.21. The van der Waals surface area contributed by atoms with Crippen molar-refractivity contribution in [1.29, 1.82) is 0 Å². The van der Waals surface area contributed by atoms with E-state index in [1.807, 2.05) is 0 Å². The highest BCUT2D eigenvalue weighted by Gasteiger charge is 2.23. The summed E-state index contributed by atoms with van der Waals surface area (Å²) in [5.41, 5.74) is 0. The maximum absolute atomic E-state index is 5.25. The second kappa shape index (κ2) is 4.73. The van der Waals surface area contributed by atoms with Gasteiger partial charge in [0.2, 0.25) is 0 Å². The molecule has 0 saturated carbocycles. The van der Waals surface area contributed by atoms with Gasteiger partial charge in [0, 0.05) is 12.6 Å². The molecule has 1 unspecified atom stereocenters. The summed E-state index contributed by atoms with van der Waals surface area (Å²) in [7, 11) is 1.78. The van der Waals surface area contributed by atoms with Gasteiger partial charge in [-0.05, 0) is 19.3 Å². The minimum atomic E-state index is 0.708. The quantitative estimate of drug-likeness (QED) is 0.620. The van der Waals surface area contributed by atoms with Crippen LogP contribution in [0, 0.1) is 0 Å². The van der Waals surface area contributed by atoms with Crippen molar-refractivity contribution in [2.45, 2.75) is 45.1 Å². The molecule has 66 valence electrons. The van der Waals surface area contributed by atoms with Crippen molar-refractivity contribution >= 4 is 0 Å². The normalized spacial score (nSPS) is 26.2. The van der Waals surface area contributed by atoms with Gasteiger partial charge in [0.15, 0.2) is 0 Å². The van der Waals surface area contributed by atoms with Crippen LogP contribution >= 0.6 is 0 Å². The Hall–Kier alpha value is -0.0800. The summed E-state index contributed by atoms with van der Waals surface area (Å²) in [6, 6.07) is 0.708. The van der Waals surface area contributed by atoms with E-state index in [1.165, 1.54) is 32.1 Å². The van der Waals surface area contributed by atoms with E-state index in [9.17, 15) is 0 Å². The highest BCUT2D eigenvalue weighted by atomic mass is 16.7. The van der Waals surface area contributed by atoms with Gasteiger partial charge in [0.25, 0.3) is 0 Å². The molecule has 1 aliphatic heterocycles. The molecule has 0 radical (unpaired) electrons. The fraction of sp³-hybridized carbons (Fsp3) is 1.00. The third-order valence-corrected chi connectivity index (χ3v) is 2.45. The van der Waals surface area contributed by atoms with Gasteiger partial charge in [0.1, 0.15) is 0 Å². The molecule has 2 nitrogen and oxygen atoms in total. The predicted molar refractivity (Wildman–Crippen MR) is 46.3 cm³/mol. The zero-order chi connectivity index (χ0) is 8.10. The first-order valence-electron chi connectivity index (χ1n) is 4.69. The largest absolute Gasteiger partial charge is 0.302 e. The van der Waals surface area contributed by atoms with Crippen molar-refractivity contribution in [2.24, 2.45) is 0 Å². The van der Waals surface area contributed by atoms with Crippen molar-refractivity contribution in [3.8, 4) is 0 Å². The van der Waals surface area contributed by atoms with Gasteiger partial charge in [-0.1, -0.05) is 19.8 Å². The molecule has 2 heteroatoms. The van der Waals surface area contributed by atoms with E-state index in [0.717, 1.165) is 6.54 Å². The van der Waals surface area contributed by atoms with Crippen LogP contribution in [0.3, 0.4) is 0 Å². The minimum absolute atomic E-state index is 0.708. The maximum Gasteiger partial charge on any atom is 0.0575 e. The van der Waals surface area contributed by atoms with Crippen LogP contribution in [-0.2, 0) is 4.84 Å². The molecule has 0 aromatic carbocycles. The summed E-state index contributed by atoms with van der Waals surface area (Å²) < 4.78 is 0. The first kappa shape index (κ1) is 9.01. The summed E-state index contributed by atoms with van der Waals surface area (Å²) in [6.45, 7) is 3.37. The van der Waals surface area contributed by atoms with Crippen LogP contribution in [0.1, 0.15) is 39.0 Å². The second-order valence-corrected chi connectivity index (χ2v) is 3.26. The first-order valence-corrected chi connectivity index (χ1v) is 4.69. The molecule has 0 aromatic heterocycles. The number of unbranched alkanes of at least 4 members (excludes halogenated alkanes) is 1. The molecule has 1 fully saturated rings. The second-order valence-electron chi connectivity index (χ2n) is 3.26. The summed E-state index contributed by atoms with van der Waals surface area (Å²) in [6.07, 6.45) is 6.58. The highest BCUT2D eigenvalue weighted by molar-refractivity contribution is 4.73. The van der Waals surface area contributed by atoms with Crippen molar-refractivity contribution in [3.05, 3.63) is 0 Å². The van der Waals surface area contributed by atoms with E-state index >= 15 is 0 Å². The molecule has 0 aromatic rings. The molecular weight excluding hydrogens is 138 g/mol.